The summed E-state index contributed by atoms with van der Waals surface area (Å²) in [6.07, 6.45) is 2.12. The van der Waals surface area contributed by atoms with E-state index in [9.17, 15) is 5.11 Å². The second kappa shape index (κ2) is 5.79. The third-order valence-electron chi connectivity index (χ3n) is 4.12. The van der Waals surface area contributed by atoms with Gasteiger partial charge in [-0.3, -0.25) is 9.80 Å². The number of aliphatic hydroxyl groups is 1. The molecule has 1 saturated heterocycles. The molecule has 6 nitrogen and oxygen atoms in total. The summed E-state index contributed by atoms with van der Waals surface area (Å²) in [5, 5.41) is 17.8. The molecule has 2 atom stereocenters. The van der Waals surface area contributed by atoms with E-state index in [1.807, 2.05) is 6.92 Å². The summed E-state index contributed by atoms with van der Waals surface area (Å²) in [6, 6.07) is 0.448. The second-order valence-electron chi connectivity index (χ2n) is 6.24. The summed E-state index contributed by atoms with van der Waals surface area (Å²) < 4.78 is 5.72. The van der Waals surface area contributed by atoms with Crippen LogP contribution in [0, 0.1) is 0 Å². The van der Waals surface area contributed by atoms with Crippen LogP contribution >= 0.6 is 0 Å². The van der Waals surface area contributed by atoms with Crippen LogP contribution in [0.2, 0.25) is 0 Å². The molecule has 20 heavy (non-hydrogen) atoms. The first-order chi connectivity index (χ1) is 9.61. The Morgan fingerprint density at radius 3 is 2.80 bits per heavy atom. The van der Waals surface area contributed by atoms with Gasteiger partial charge in [0.25, 0.3) is 0 Å². The van der Waals surface area contributed by atoms with Crippen LogP contribution in [-0.4, -0.2) is 63.4 Å². The van der Waals surface area contributed by atoms with Gasteiger partial charge in [0.1, 0.15) is 0 Å². The van der Waals surface area contributed by atoms with Crippen LogP contribution in [0.15, 0.2) is 4.42 Å². The number of β-amino-alcohol motifs (C(OH)–C–C–N with tert-alkyl or cyclic N) is 1. The van der Waals surface area contributed by atoms with E-state index in [0.29, 0.717) is 12.0 Å². The highest BCUT2D eigenvalue weighted by Crippen LogP contribution is 2.39. The fraction of sp³-hybridized carbons (Fsp3) is 0.857. The van der Waals surface area contributed by atoms with Gasteiger partial charge in [-0.05, 0) is 26.7 Å². The van der Waals surface area contributed by atoms with Crippen molar-refractivity contribution in [1.29, 1.82) is 0 Å². The Morgan fingerprint density at radius 1 is 1.35 bits per heavy atom. The second-order valence-corrected chi connectivity index (χ2v) is 6.24. The van der Waals surface area contributed by atoms with Crippen molar-refractivity contribution in [2.45, 2.75) is 51.3 Å². The van der Waals surface area contributed by atoms with E-state index < -0.39 is 0 Å². The van der Waals surface area contributed by atoms with Gasteiger partial charge in [0.05, 0.1) is 12.6 Å². The zero-order valence-corrected chi connectivity index (χ0v) is 12.3. The maximum atomic E-state index is 9.50. The molecule has 2 aliphatic rings. The minimum absolute atomic E-state index is 0.263. The molecule has 6 heteroatoms. The van der Waals surface area contributed by atoms with E-state index in [4.69, 9.17) is 4.42 Å². The Balaban J connectivity index is 1.51. The number of aromatic nitrogens is 2. The normalized spacial score (nSPS) is 26.9. The van der Waals surface area contributed by atoms with Crippen molar-refractivity contribution in [1.82, 2.24) is 20.0 Å². The van der Waals surface area contributed by atoms with Gasteiger partial charge in [0.2, 0.25) is 11.8 Å². The fourth-order valence-electron chi connectivity index (χ4n) is 2.84. The van der Waals surface area contributed by atoms with E-state index in [0.717, 1.165) is 44.5 Å². The Bertz CT molecular complexity index is 444. The maximum Gasteiger partial charge on any atom is 0.230 e. The summed E-state index contributed by atoms with van der Waals surface area (Å²) in [6.45, 7) is 8.49. The predicted molar refractivity (Wildman–Crippen MR) is 74.3 cm³/mol. The standard InChI is InChI=1S/C14H24N4O2/c1-10-7-17(5-6-18(10)8-11(2)19)9-13-15-16-14(20-13)12-3-4-12/h10-12,19H,3-9H2,1-2H3. The fourth-order valence-corrected chi connectivity index (χ4v) is 2.84. The van der Waals surface area contributed by atoms with E-state index in [1.165, 1.54) is 12.8 Å². The molecule has 1 saturated carbocycles. The lowest BCUT2D eigenvalue weighted by molar-refractivity contribution is 0.0391. The molecule has 0 aromatic carbocycles. The molecule has 1 aromatic rings. The topological polar surface area (TPSA) is 65.6 Å². The molecule has 1 aliphatic heterocycles. The summed E-state index contributed by atoms with van der Waals surface area (Å²) in [4.78, 5) is 4.69. The van der Waals surface area contributed by atoms with Crippen molar-refractivity contribution >= 4 is 0 Å². The molecule has 0 radical (unpaired) electrons. The van der Waals surface area contributed by atoms with Gasteiger partial charge in [-0.25, -0.2) is 0 Å². The molecule has 2 fully saturated rings. The van der Waals surface area contributed by atoms with E-state index in [-0.39, 0.29) is 6.10 Å². The van der Waals surface area contributed by atoms with Crippen molar-refractivity contribution in [2.24, 2.45) is 0 Å². The van der Waals surface area contributed by atoms with Crippen LogP contribution in [0.5, 0.6) is 0 Å². The summed E-state index contributed by atoms with van der Waals surface area (Å²) in [7, 11) is 0. The maximum absolute atomic E-state index is 9.50. The Morgan fingerprint density at radius 2 is 2.15 bits per heavy atom. The first-order valence-electron chi connectivity index (χ1n) is 7.58. The molecular weight excluding hydrogens is 256 g/mol. The molecule has 0 spiro atoms. The van der Waals surface area contributed by atoms with E-state index in [1.54, 1.807) is 0 Å². The lowest BCUT2D eigenvalue weighted by atomic mass is 10.1. The number of nitrogens with zero attached hydrogens (tertiary/aromatic N) is 4. The highest BCUT2D eigenvalue weighted by atomic mass is 16.4. The van der Waals surface area contributed by atoms with Crippen molar-refractivity contribution in [3.8, 4) is 0 Å². The average molecular weight is 280 g/mol. The monoisotopic (exact) mass is 280 g/mol. The number of piperazine rings is 1. The van der Waals surface area contributed by atoms with Crippen LogP contribution in [0.3, 0.4) is 0 Å². The Hall–Kier alpha value is -0.980. The first-order valence-corrected chi connectivity index (χ1v) is 7.58. The van der Waals surface area contributed by atoms with Gasteiger partial charge in [0, 0.05) is 38.1 Å². The summed E-state index contributed by atoms with van der Waals surface area (Å²) in [5.74, 6) is 2.09. The highest BCUT2D eigenvalue weighted by Gasteiger charge is 2.30. The number of hydrogen-bond acceptors (Lipinski definition) is 6. The van der Waals surface area contributed by atoms with Gasteiger partial charge in [-0.1, -0.05) is 0 Å². The largest absolute Gasteiger partial charge is 0.424 e. The van der Waals surface area contributed by atoms with Crippen LogP contribution in [-0.2, 0) is 6.54 Å². The quantitative estimate of drug-likeness (QED) is 0.862. The molecule has 1 N–H and O–H groups in total. The van der Waals surface area contributed by atoms with Crippen molar-refractivity contribution in [2.75, 3.05) is 26.2 Å². The third-order valence-corrected chi connectivity index (χ3v) is 4.12. The third kappa shape index (κ3) is 3.37. The van der Waals surface area contributed by atoms with Gasteiger partial charge >= 0.3 is 0 Å². The van der Waals surface area contributed by atoms with Crippen molar-refractivity contribution in [3.05, 3.63) is 11.8 Å². The van der Waals surface area contributed by atoms with E-state index >= 15 is 0 Å². The molecule has 112 valence electrons. The Kier molecular flexibility index (Phi) is 4.05. The van der Waals surface area contributed by atoms with Crippen LogP contribution < -0.4 is 0 Å². The molecule has 3 rings (SSSR count). The molecule has 1 aliphatic carbocycles. The predicted octanol–water partition coefficient (Wildman–Crippen LogP) is 0.834. The van der Waals surface area contributed by atoms with Crippen LogP contribution in [0.4, 0.5) is 0 Å². The molecule has 0 bridgehead atoms. The smallest absolute Gasteiger partial charge is 0.230 e. The lowest BCUT2D eigenvalue weighted by Gasteiger charge is -2.39. The Labute approximate surface area is 119 Å². The van der Waals surface area contributed by atoms with E-state index in [2.05, 4.69) is 26.9 Å². The number of rotatable bonds is 5. The molecule has 0 amide bonds. The summed E-state index contributed by atoms with van der Waals surface area (Å²) >= 11 is 0. The summed E-state index contributed by atoms with van der Waals surface area (Å²) in [5.41, 5.74) is 0. The first kappa shape index (κ1) is 14.0. The van der Waals surface area contributed by atoms with Gasteiger partial charge in [-0.15, -0.1) is 10.2 Å². The van der Waals surface area contributed by atoms with Gasteiger partial charge in [-0.2, -0.15) is 0 Å². The van der Waals surface area contributed by atoms with Crippen LogP contribution in [0.1, 0.15) is 44.4 Å². The minimum atomic E-state index is -0.263. The number of aliphatic hydroxyl groups excluding tert-OH is 1. The van der Waals surface area contributed by atoms with Crippen molar-refractivity contribution < 1.29 is 9.52 Å². The zero-order chi connectivity index (χ0) is 14.1. The van der Waals surface area contributed by atoms with Gasteiger partial charge in [0.15, 0.2) is 0 Å². The molecule has 2 heterocycles. The molecular formula is C14H24N4O2. The van der Waals surface area contributed by atoms with Crippen molar-refractivity contribution in [3.63, 3.8) is 0 Å². The van der Waals surface area contributed by atoms with Crippen LogP contribution in [0.25, 0.3) is 0 Å². The highest BCUT2D eigenvalue weighted by molar-refractivity contribution is 5.00. The molecule has 1 aromatic heterocycles. The molecule has 2 unspecified atom stereocenters. The average Bonchev–Trinajstić information content (AvgIpc) is 3.14. The van der Waals surface area contributed by atoms with Gasteiger partial charge < -0.3 is 9.52 Å². The zero-order valence-electron chi connectivity index (χ0n) is 12.3. The minimum Gasteiger partial charge on any atom is -0.424 e. The number of hydrogen-bond donors (Lipinski definition) is 1. The lowest BCUT2D eigenvalue weighted by Crippen LogP contribution is -2.53. The SMILES string of the molecule is CC(O)CN1CCN(Cc2nnc(C3CC3)o2)CC1C.